The van der Waals surface area contributed by atoms with Gasteiger partial charge >= 0.3 is 0 Å². The Morgan fingerprint density at radius 1 is 1.60 bits per heavy atom. The molecule has 0 unspecified atom stereocenters. The Kier molecular flexibility index (Phi) is 3.98. The van der Waals surface area contributed by atoms with Crippen molar-refractivity contribution >= 4 is 27.4 Å². The van der Waals surface area contributed by atoms with E-state index >= 15 is 0 Å². The lowest BCUT2D eigenvalue weighted by molar-refractivity contribution is 0.599. The molecule has 7 heteroatoms. The first-order valence-corrected chi connectivity index (χ1v) is 6.70. The van der Waals surface area contributed by atoms with Crippen molar-refractivity contribution in [2.24, 2.45) is 7.05 Å². The second-order valence-corrected chi connectivity index (χ2v) is 5.48. The zero-order valence-electron chi connectivity index (χ0n) is 8.70. The van der Waals surface area contributed by atoms with Gasteiger partial charge in [0, 0.05) is 19.0 Å². The number of aromatic nitrogens is 2. The minimum absolute atomic E-state index is 0.0285. The third kappa shape index (κ3) is 3.71. The molecule has 15 heavy (non-hydrogen) atoms. The summed E-state index contributed by atoms with van der Waals surface area (Å²) in [5.41, 5.74) is 0.771. The van der Waals surface area contributed by atoms with Gasteiger partial charge in [-0.15, -0.1) is 11.6 Å². The van der Waals surface area contributed by atoms with Crippen molar-refractivity contribution in [1.29, 1.82) is 0 Å². The monoisotopic (exact) mass is 251 g/mol. The summed E-state index contributed by atoms with van der Waals surface area (Å²) in [5.74, 6) is 0.841. The van der Waals surface area contributed by atoms with E-state index in [4.69, 9.17) is 11.6 Å². The standard InChI is InChI=1S/C8H14ClN3O2S/c1-7-6-8(12(2)10-7)11-15(13,14)5-3-4-9/h6,11H,3-5H2,1-2H3. The van der Waals surface area contributed by atoms with Crippen molar-refractivity contribution in [2.45, 2.75) is 13.3 Å². The molecule has 0 atom stereocenters. The fraction of sp³-hybridized carbons (Fsp3) is 0.625. The summed E-state index contributed by atoms with van der Waals surface area (Å²) in [6.07, 6.45) is 0.438. The zero-order chi connectivity index (χ0) is 11.5. The van der Waals surface area contributed by atoms with Crippen molar-refractivity contribution in [1.82, 2.24) is 9.78 Å². The van der Waals surface area contributed by atoms with E-state index in [9.17, 15) is 8.42 Å². The minimum Gasteiger partial charge on any atom is -0.268 e. The van der Waals surface area contributed by atoms with Crippen molar-refractivity contribution in [3.63, 3.8) is 0 Å². The van der Waals surface area contributed by atoms with Crippen LogP contribution in [0.15, 0.2) is 6.07 Å². The SMILES string of the molecule is Cc1cc(NS(=O)(=O)CCCCl)n(C)n1. The lowest BCUT2D eigenvalue weighted by Crippen LogP contribution is -2.18. The van der Waals surface area contributed by atoms with Gasteiger partial charge in [-0.1, -0.05) is 0 Å². The van der Waals surface area contributed by atoms with E-state index in [0.717, 1.165) is 5.69 Å². The zero-order valence-corrected chi connectivity index (χ0v) is 10.3. The number of halogens is 1. The van der Waals surface area contributed by atoms with Crippen LogP contribution in [-0.4, -0.2) is 29.8 Å². The molecule has 0 saturated carbocycles. The molecule has 0 spiro atoms. The highest BCUT2D eigenvalue weighted by atomic mass is 35.5. The van der Waals surface area contributed by atoms with Gasteiger partial charge in [-0.05, 0) is 13.3 Å². The van der Waals surface area contributed by atoms with Crippen LogP contribution in [-0.2, 0) is 17.1 Å². The average molecular weight is 252 g/mol. The Morgan fingerprint density at radius 3 is 2.73 bits per heavy atom. The second-order valence-electron chi connectivity index (χ2n) is 3.26. The molecular formula is C8H14ClN3O2S. The fourth-order valence-corrected chi connectivity index (χ4v) is 2.59. The van der Waals surface area contributed by atoms with Gasteiger partial charge in [0.2, 0.25) is 10.0 Å². The Morgan fingerprint density at radius 2 is 2.27 bits per heavy atom. The maximum absolute atomic E-state index is 11.5. The summed E-state index contributed by atoms with van der Waals surface area (Å²) in [6, 6.07) is 1.68. The smallest absolute Gasteiger partial charge is 0.233 e. The number of sulfonamides is 1. The second kappa shape index (κ2) is 4.85. The maximum atomic E-state index is 11.5. The number of nitrogens with one attached hydrogen (secondary N) is 1. The number of nitrogens with zero attached hydrogens (tertiary/aromatic N) is 2. The number of aryl methyl sites for hydroxylation is 2. The first kappa shape index (κ1) is 12.3. The van der Waals surface area contributed by atoms with E-state index in [1.807, 2.05) is 0 Å². The molecule has 1 heterocycles. The van der Waals surface area contributed by atoms with Crippen LogP contribution in [0.1, 0.15) is 12.1 Å². The first-order chi connectivity index (χ1) is 6.94. The summed E-state index contributed by atoms with van der Waals surface area (Å²) in [7, 11) is -1.61. The van der Waals surface area contributed by atoms with E-state index < -0.39 is 10.0 Å². The van der Waals surface area contributed by atoms with Crippen LogP contribution in [0.5, 0.6) is 0 Å². The van der Waals surface area contributed by atoms with Crippen molar-refractivity contribution in [3.05, 3.63) is 11.8 Å². The molecule has 1 N–H and O–H groups in total. The highest BCUT2D eigenvalue weighted by molar-refractivity contribution is 7.92. The Labute approximate surface area is 94.5 Å². The van der Waals surface area contributed by atoms with Gasteiger partial charge in [0.1, 0.15) is 5.82 Å². The largest absolute Gasteiger partial charge is 0.268 e. The molecule has 0 aromatic carbocycles. The van der Waals surface area contributed by atoms with Crippen molar-refractivity contribution < 1.29 is 8.42 Å². The number of rotatable bonds is 5. The van der Waals surface area contributed by atoms with Crippen LogP contribution < -0.4 is 4.72 Å². The van der Waals surface area contributed by atoms with Gasteiger partial charge in [0.25, 0.3) is 0 Å². The molecule has 1 rings (SSSR count). The van der Waals surface area contributed by atoms with E-state index in [1.165, 1.54) is 4.68 Å². The van der Waals surface area contributed by atoms with Crippen molar-refractivity contribution in [3.8, 4) is 0 Å². The van der Waals surface area contributed by atoms with Gasteiger partial charge < -0.3 is 0 Å². The van der Waals surface area contributed by atoms with Gasteiger partial charge in [0.15, 0.2) is 0 Å². The fourth-order valence-electron chi connectivity index (χ4n) is 1.16. The van der Waals surface area contributed by atoms with Crippen molar-refractivity contribution in [2.75, 3.05) is 16.4 Å². The summed E-state index contributed by atoms with van der Waals surface area (Å²) >= 11 is 5.44. The lowest BCUT2D eigenvalue weighted by atomic mass is 10.5. The molecule has 0 aliphatic heterocycles. The highest BCUT2D eigenvalue weighted by Gasteiger charge is 2.12. The van der Waals surface area contributed by atoms with Gasteiger partial charge in [-0.25, -0.2) is 8.42 Å². The van der Waals surface area contributed by atoms with Gasteiger partial charge in [-0.2, -0.15) is 5.10 Å². The summed E-state index contributed by atoms with van der Waals surface area (Å²) in [5, 5.41) is 4.04. The normalized spacial score (nSPS) is 11.7. The van der Waals surface area contributed by atoms with Crippen LogP contribution in [0, 0.1) is 6.92 Å². The molecule has 0 fully saturated rings. The summed E-state index contributed by atoms with van der Waals surface area (Å²) in [6.45, 7) is 1.80. The average Bonchev–Trinajstić information content (AvgIpc) is 2.41. The van der Waals surface area contributed by atoms with E-state index in [0.29, 0.717) is 18.1 Å². The van der Waals surface area contributed by atoms with Crippen LogP contribution in [0.25, 0.3) is 0 Å². The maximum Gasteiger partial charge on any atom is 0.233 e. The molecule has 0 bridgehead atoms. The highest BCUT2D eigenvalue weighted by Crippen LogP contribution is 2.10. The molecule has 0 aliphatic carbocycles. The molecule has 0 aliphatic rings. The predicted molar refractivity (Wildman–Crippen MR) is 60.7 cm³/mol. The van der Waals surface area contributed by atoms with Crippen LogP contribution in [0.2, 0.25) is 0 Å². The molecule has 0 saturated heterocycles. The van der Waals surface area contributed by atoms with E-state index in [1.54, 1.807) is 20.0 Å². The molecule has 0 amide bonds. The van der Waals surface area contributed by atoms with Gasteiger partial charge in [-0.3, -0.25) is 9.40 Å². The Bertz CT molecular complexity index is 427. The van der Waals surface area contributed by atoms with Crippen LogP contribution >= 0.6 is 11.6 Å². The molecule has 1 aromatic rings. The number of anilines is 1. The van der Waals surface area contributed by atoms with Crippen LogP contribution in [0.3, 0.4) is 0 Å². The topological polar surface area (TPSA) is 64.0 Å². The summed E-state index contributed by atoms with van der Waals surface area (Å²) in [4.78, 5) is 0. The van der Waals surface area contributed by atoms with Gasteiger partial charge in [0.05, 0.1) is 11.4 Å². The predicted octanol–water partition coefficient (Wildman–Crippen LogP) is 1.10. The summed E-state index contributed by atoms with van der Waals surface area (Å²) < 4.78 is 27.0. The Hall–Kier alpha value is -0.750. The molecular weight excluding hydrogens is 238 g/mol. The Balaban J connectivity index is 2.73. The molecule has 86 valence electrons. The van der Waals surface area contributed by atoms with E-state index in [-0.39, 0.29) is 5.75 Å². The number of alkyl halides is 1. The third-order valence-electron chi connectivity index (χ3n) is 1.81. The minimum atomic E-state index is -3.30. The van der Waals surface area contributed by atoms with Crippen LogP contribution in [0.4, 0.5) is 5.82 Å². The molecule has 5 nitrogen and oxygen atoms in total. The lowest BCUT2D eigenvalue weighted by Gasteiger charge is -2.06. The third-order valence-corrected chi connectivity index (χ3v) is 3.42. The number of hydrogen-bond donors (Lipinski definition) is 1. The van der Waals surface area contributed by atoms with E-state index in [2.05, 4.69) is 9.82 Å². The molecule has 0 radical (unpaired) electrons. The first-order valence-electron chi connectivity index (χ1n) is 4.52. The number of hydrogen-bond acceptors (Lipinski definition) is 3. The quantitative estimate of drug-likeness (QED) is 0.797. The molecule has 1 aromatic heterocycles.